The molecule has 5 heteroatoms. The minimum atomic E-state index is 0.167. The predicted molar refractivity (Wildman–Crippen MR) is 75.3 cm³/mol. The fourth-order valence-corrected chi connectivity index (χ4v) is 2.72. The standard InChI is InChI=1S/C12H19BrN4/c1-12(2)8-17(5-4-16(12)3)11-10(13)6-9(14)7-15-11/h6-7H,4-5,8,14H2,1-3H3. The normalized spacial score (nSPS) is 20.6. The first-order valence-corrected chi connectivity index (χ1v) is 6.57. The molecule has 1 aromatic heterocycles. The Morgan fingerprint density at radius 2 is 2.12 bits per heavy atom. The molecule has 0 bridgehead atoms. The Morgan fingerprint density at radius 1 is 1.41 bits per heavy atom. The summed E-state index contributed by atoms with van der Waals surface area (Å²) in [6.45, 7) is 7.52. The molecule has 0 spiro atoms. The van der Waals surface area contributed by atoms with Crippen molar-refractivity contribution in [2.24, 2.45) is 0 Å². The lowest BCUT2D eigenvalue weighted by atomic mass is 10.00. The van der Waals surface area contributed by atoms with Crippen molar-refractivity contribution >= 4 is 27.4 Å². The highest BCUT2D eigenvalue weighted by Gasteiger charge is 2.32. The van der Waals surface area contributed by atoms with Crippen molar-refractivity contribution in [3.63, 3.8) is 0 Å². The molecule has 0 atom stereocenters. The van der Waals surface area contributed by atoms with E-state index in [0.717, 1.165) is 29.9 Å². The van der Waals surface area contributed by atoms with Crippen molar-refractivity contribution in [2.45, 2.75) is 19.4 Å². The van der Waals surface area contributed by atoms with E-state index in [-0.39, 0.29) is 5.54 Å². The zero-order valence-corrected chi connectivity index (χ0v) is 12.2. The summed E-state index contributed by atoms with van der Waals surface area (Å²) in [5.41, 5.74) is 6.57. The van der Waals surface area contributed by atoms with E-state index in [2.05, 4.69) is 51.6 Å². The van der Waals surface area contributed by atoms with Crippen LogP contribution in [-0.2, 0) is 0 Å². The minimum absolute atomic E-state index is 0.167. The number of halogens is 1. The van der Waals surface area contributed by atoms with Crippen LogP contribution in [0.1, 0.15) is 13.8 Å². The number of nitrogen functional groups attached to an aromatic ring is 1. The molecule has 0 radical (unpaired) electrons. The quantitative estimate of drug-likeness (QED) is 0.861. The van der Waals surface area contributed by atoms with Crippen molar-refractivity contribution in [2.75, 3.05) is 37.3 Å². The summed E-state index contributed by atoms with van der Waals surface area (Å²) in [6, 6.07) is 1.91. The number of hydrogen-bond donors (Lipinski definition) is 1. The first kappa shape index (κ1) is 12.6. The highest BCUT2D eigenvalue weighted by molar-refractivity contribution is 9.10. The Hall–Kier alpha value is -0.810. The van der Waals surface area contributed by atoms with E-state index >= 15 is 0 Å². The second kappa shape index (κ2) is 4.46. The average Bonchev–Trinajstić information content (AvgIpc) is 2.22. The minimum Gasteiger partial charge on any atom is -0.397 e. The van der Waals surface area contributed by atoms with Gasteiger partial charge >= 0.3 is 0 Å². The monoisotopic (exact) mass is 298 g/mol. The highest BCUT2D eigenvalue weighted by atomic mass is 79.9. The smallest absolute Gasteiger partial charge is 0.143 e. The summed E-state index contributed by atoms with van der Waals surface area (Å²) in [7, 11) is 2.17. The number of anilines is 2. The Kier molecular flexibility index (Phi) is 3.32. The van der Waals surface area contributed by atoms with Crippen molar-refractivity contribution in [1.82, 2.24) is 9.88 Å². The van der Waals surface area contributed by atoms with Gasteiger partial charge in [0.05, 0.1) is 16.4 Å². The lowest BCUT2D eigenvalue weighted by Crippen LogP contribution is -2.58. The molecule has 0 aliphatic carbocycles. The van der Waals surface area contributed by atoms with Gasteiger partial charge in [0, 0.05) is 25.2 Å². The van der Waals surface area contributed by atoms with E-state index in [1.807, 2.05) is 6.07 Å². The van der Waals surface area contributed by atoms with Crippen LogP contribution in [0, 0.1) is 0 Å². The lowest BCUT2D eigenvalue weighted by molar-refractivity contribution is 0.138. The second-order valence-electron chi connectivity index (χ2n) is 5.23. The number of likely N-dealkylation sites (N-methyl/N-ethyl adjacent to an activating group) is 1. The lowest BCUT2D eigenvalue weighted by Gasteiger charge is -2.46. The van der Waals surface area contributed by atoms with Crippen LogP contribution < -0.4 is 10.6 Å². The number of piperazine rings is 1. The van der Waals surface area contributed by atoms with Crippen LogP contribution in [-0.4, -0.2) is 42.1 Å². The molecule has 2 N–H and O–H groups in total. The molecule has 1 aliphatic heterocycles. The van der Waals surface area contributed by atoms with Gasteiger partial charge in [-0.2, -0.15) is 0 Å². The molecular weight excluding hydrogens is 280 g/mol. The number of pyridine rings is 1. The van der Waals surface area contributed by atoms with E-state index in [0.29, 0.717) is 5.69 Å². The third-order valence-corrected chi connectivity index (χ3v) is 4.04. The molecule has 2 rings (SSSR count). The van der Waals surface area contributed by atoms with Crippen LogP contribution in [0.2, 0.25) is 0 Å². The largest absolute Gasteiger partial charge is 0.397 e. The zero-order valence-electron chi connectivity index (χ0n) is 10.6. The molecule has 1 aromatic rings. The van der Waals surface area contributed by atoms with Gasteiger partial charge < -0.3 is 10.6 Å². The van der Waals surface area contributed by atoms with Gasteiger partial charge in [-0.25, -0.2) is 4.98 Å². The molecular formula is C12H19BrN4. The van der Waals surface area contributed by atoms with Gasteiger partial charge in [-0.3, -0.25) is 4.90 Å². The molecule has 17 heavy (non-hydrogen) atoms. The van der Waals surface area contributed by atoms with Crippen molar-refractivity contribution in [3.05, 3.63) is 16.7 Å². The van der Waals surface area contributed by atoms with Crippen LogP contribution >= 0.6 is 15.9 Å². The fraction of sp³-hybridized carbons (Fsp3) is 0.583. The number of hydrogen-bond acceptors (Lipinski definition) is 4. The summed E-state index contributed by atoms with van der Waals surface area (Å²) in [5.74, 6) is 0.986. The molecule has 1 saturated heterocycles. The molecule has 2 heterocycles. The molecule has 1 aliphatic rings. The average molecular weight is 299 g/mol. The summed E-state index contributed by atoms with van der Waals surface area (Å²) < 4.78 is 0.970. The maximum absolute atomic E-state index is 5.71. The second-order valence-corrected chi connectivity index (χ2v) is 6.08. The van der Waals surface area contributed by atoms with Crippen LogP contribution in [0.4, 0.5) is 11.5 Å². The van der Waals surface area contributed by atoms with E-state index in [9.17, 15) is 0 Å². The summed E-state index contributed by atoms with van der Waals surface area (Å²) >= 11 is 3.54. The van der Waals surface area contributed by atoms with E-state index in [4.69, 9.17) is 5.73 Å². The van der Waals surface area contributed by atoms with Crippen LogP contribution in [0.5, 0.6) is 0 Å². The SMILES string of the molecule is CN1CCN(c2ncc(N)cc2Br)CC1(C)C. The van der Waals surface area contributed by atoms with E-state index in [1.165, 1.54) is 0 Å². The number of rotatable bonds is 1. The van der Waals surface area contributed by atoms with Gasteiger partial charge in [-0.1, -0.05) is 0 Å². The molecule has 0 saturated carbocycles. The third-order valence-electron chi connectivity index (χ3n) is 3.46. The van der Waals surface area contributed by atoms with Gasteiger partial charge in [0.2, 0.25) is 0 Å². The first-order chi connectivity index (χ1) is 7.90. The Labute approximate surface area is 111 Å². The van der Waals surface area contributed by atoms with Gasteiger partial charge in [0.25, 0.3) is 0 Å². The highest BCUT2D eigenvalue weighted by Crippen LogP contribution is 2.29. The molecule has 0 unspecified atom stereocenters. The van der Waals surface area contributed by atoms with Crippen molar-refractivity contribution < 1.29 is 0 Å². The third kappa shape index (κ3) is 2.55. The predicted octanol–water partition coefficient (Wildman–Crippen LogP) is 1.96. The first-order valence-electron chi connectivity index (χ1n) is 5.77. The van der Waals surface area contributed by atoms with Crippen LogP contribution in [0.3, 0.4) is 0 Å². The Bertz CT molecular complexity index is 419. The summed E-state index contributed by atoms with van der Waals surface area (Å²) in [6.07, 6.45) is 1.71. The number of nitrogens with zero attached hydrogens (tertiary/aromatic N) is 3. The summed E-state index contributed by atoms with van der Waals surface area (Å²) in [4.78, 5) is 9.12. The maximum atomic E-state index is 5.71. The fourth-order valence-electron chi connectivity index (χ4n) is 2.10. The number of aromatic nitrogens is 1. The zero-order chi connectivity index (χ0) is 12.6. The van der Waals surface area contributed by atoms with Crippen LogP contribution in [0.25, 0.3) is 0 Å². The van der Waals surface area contributed by atoms with Gasteiger partial charge in [0.1, 0.15) is 5.82 Å². The van der Waals surface area contributed by atoms with Crippen molar-refractivity contribution in [1.29, 1.82) is 0 Å². The molecule has 4 nitrogen and oxygen atoms in total. The number of nitrogens with two attached hydrogens (primary N) is 1. The van der Waals surface area contributed by atoms with Crippen molar-refractivity contribution in [3.8, 4) is 0 Å². The topological polar surface area (TPSA) is 45.4 Å². The molecule has 0 aromatic carbocycles. The summed E-state index contributed by atoms with van der Waals surface area (Å²) in [5, 5.41) is 0. The molecule has 94 valence electrons. The van der Waals surface area contributed by atoms with Crippen LogP contribution in [0.15, 0.2) is 16.7 Å². The molecule has 1 fully saturated rings. The van der Waals surface area contributed by atoms with E-state index in [1.54, 1.807) is 6.20 Å². The van der Waals surface area contributed by atoms with E-state index < -0.39 is 0 Å². The maximum Gasteiger partial charge on any atom is 0.143 e. The Morgan fingerprint density at radius 3 is 2.71 bits per heavy atom. The van der Waals surface area contributed by atoms with Gasteiger partial charge in [0.15, 0.2) is 0 Å². The van der Waals surface area contributed by atoms with Gasteiger partial charge in [-0.05, 0) is 42.9 Å². The van der Waals surface area contributed by atoms with Gasteiger partial charge in [-0.15, -0.1) is 0 Å². The molecule has 0 amide bonds. The Balaban J connectivity index is 2.24.